The molecule has 8 nitrogen and oxygen atoms in total. The Hall–Kier alpha value is -2.90. The SMILES string of the molecule is CC(C)COc1ccc(-c2cc(C(=O)O)n(C)n2)cc1[N+](=O)[O-]. The number of ether oxygens (including phenoxy) is 1. The Kier molecular flexibility index (Phi) is 4.63. The number of carboxylic acids is 1. The minimum Gasteiger partial charge on any atom is -0.487 e. The fourth-order valence-corrected chi connectivity index (χ4v) is 2.01. The van der Waals surface area contributed by atoms with Gasteiger partial charge in [-0.25, -0.2) is 4.79 Å². The summed E-state index contributed by atoms with van der Waals surface area (Å²) in [5, 5.41) is 24.4. The van der Waals surface area contributed by atoms with Gasteiger partial charge in [-0.2, -0.15) is 5.10 Å². The highest BCUT2D eigenvalue weighted by molar-refractivity contribution is 5.87. The topological polar surface area (TPSA) is 107 Å². The smallest absolute Gasteiger partial charge is 0.354 e. The molecule has 2 aromatic rings. The number of nitro benzene ring substituents is 1. The van der Waals surface area contributed by atoms with Gasteiger partial charge in [-0.15, -0.1) is 0 Å². The first-order valence-electron chi connectivity index (χ1n) is 6.98. The molecule has 0 atom stereocenters. The van der Waals surface area contributed by atoms with E-state index < -0.39 is 10.9 Å². The van der Waals surface area contributed by atoms with Crippen molar-refractivity contribution in [1.82, 2.24) is 9.78 Å². The van der Waals surface area contributed by atoms with Gasteiger partial charge >= 0.3 is 11.7 Å². The van der Waals surface area contributed by atoms with E-state index in [2.05, 4.69) is 5.10 Å². The monoisotopic (exact) mass is 319 g/mol. The summed E-state index contributed by atoms with van der Waals surface area (Å²) in [4.78, 5) is 21.8. The van der Waals surface area contributed by atoms with E-state index >= 15 is 0 Å². The van der Waals surface area contributed by atoms with Crippen molar-refractivity contribution in [3.8, 4) is 17.0 Å². The highest BCUT2D eigenvalue weighted by atomic mass is 16.6. The molecule has 0 spiro atoms. The van der Waals surface area contributed by atoms with Gasteiger partial charge in [-0.1, -0.05) is 13.8 Å². The van der Waals surface area contributed by atoms with E-state index in [0.29, 0.717) is 17.9 Å². The number of hydrogen-bond acceptors (Lipinski definition) is 5. The zero-order chi connectivity index (χ0) is 17.1. The number of aryl methyl sites for hydroxylation is 1. The van der Waals surface area contributed by atoms with Gasteiger partial charge in [0.15, 0.2) is 5.75 Å². The normalized spacial score (nSPS) is 10.8. The average molecular weight is 319 g/mol. The molecule has 1 N–H and O–H groups in total. The molecule has 8 heteroatoms. The van der Waals surface area contributed by atoms with Gasteiger partial charge in [0.1, 0.15) is 5.69 Å². The van der Waals surface area contributed by atoms with Crippen molar-refractivity contribution >= 4 is 11.7 Å². The minimum atomic E-state index is -1.11. The molecule has 0 radical (unpaired) electrons. The summed E-state index contributed by atoms with van der Waals surface area (Å²) >= 11 is 0. The number of nitro groups is 1. The number of hydrogen-bond donors (Lipinski definition) is 1. The zero-order valence-electron chi connectivity index (χ0n) is 13.0. The van der Waals surface area contributed by atoms with Crippen LogP contribution in [0.25, 0.3) is 11.3 Å². The maximum atomic E-state index is 11.2. The molecular formula is C15H17N3O5. The van der Waals surface area contributed by atoms with E-state index in [4.69, 9.17) is 9.84 Å². The lowest BCUT2D eigenvalue weighted by atomic mass is 10.1. The van der Waals surface area contributed by atoms with Crippen LogP contribution >= 0.6 is 0 Å². The Balaban J connectivity index is 2.41. The summed E-state index contributed by atoms with van der Waals surface area (Å²) in [5.41, 5.74) is 0.633. The lowest BCUT2D eigenvalue weighted by Gasteiger charge is -2.09. The summed E-state index contributed by atoms with van der Waals surface area (Å²) in [7, 11) is 1.50. The van der Waals surface area contributed by atoms with Crippen LogP contribution in [0.4, 0.5) is 5.69 Å². The van der Waals surface area contributed by atoms with Gasteiger partial charge in [-0.3, -0.25) is 14.8 Å². The molecule has 0 fully saturated rings. The summed E-state index contributed by atoms with van der Waals surface area (Å²) < 4.78 is 6.67. The summed E-state index contributed by atoms with van der Waals surface area (Å²) in [6, 6.07) is 5.83. The van der Waals surface area contributed by atoms with Crippen LogP contribution < -0.4 is 4.74 Å². The molecule has 122 valence electrons. The van der Waals surface area contributed by atoms with Gasteiger partial charge in [0.2, 0.25) is 0 Å². The van der Waals surface area contributed by atoms with Crippen LogP contribution in [-0.2, 0) is 7.05 Å². The van der Waals surface area contributed by atoms with Crippen LogP contribution in [0.5, 0.6) is 5.75 Å². The number of carboxylic acid groups (broad SMARTS) is 1. The Labute approximate surface area is 132 Å². The van der Waals surface area contributed by atoms with Crippen LogP contribution in [0.1, 0.15) is 24.3 Å². The molecule has 0 aliphatic rings. The standard InChI is InChI=1S/C15H17N3O5/c1-9(2)8-23-14-5-4-10(6-12(14)18(21)22)11-7-13(15(19)20)17(3)16-11/h4-7,9H,8H2,1-3H3,(H,19,20). The maximum absolute atomic E-state index is 11.2. The van der Waals surface area contributed by atoms with Gasteiger partial charge in [0.05, 0.1) is 17.2 Å². The Morgan fingerprint density at radius 2 is 2.13 bits per heavy atom. The van der Waals surface area contributed by atoms with Crippen molar-refractivity contribution in [2.45, 2.75) is 13.8 Å². The van der Waals surface area contributed by atoms with Crippen molar-refractivity contribution in [3.63, 3.8) is 0 Å². The van der Waals surface area contributed by atoms with Gasteiger partial charge < -0.3 is 9.84 Å². The fraction of sp³-hybridized carbons (Fsp3) is 0.333. The first-order valence-corrected chi connectivity index (χ1v) is 6.98. The molecule has 0 saturated heterocycles. The Bertz CT molecular complexity index is 752. The molecule has 23 heavy (non-hydrogen) atoms. The predicted molar refractivity (Wildman–Crippen MR) is 82.6 cm³/mol. The number of aromatic carboxylic acids is 1. The van der Waals surface area contributed by atoms with E-state index in [1.165, 1.54) is 29.9 Å². The van der Waals surface area contributed by atoms with Crippen molar-refractivity contribution in [3.05, 3.63) is 40.1 Å². The third kappa shape index (κ3) is 3.65. The molecule has 1 heterocycles. The molecule has 0 bridgehead atoms. The Morgan fingerprint density at radius 3 is 2.65 bits per heavy atom. The van der Waals surface area contributed by atoms with Crippen molar-refractivity contribution < 1.29 is 19.6 Å². The summed E-state index contributed by atoms with van der Waals surface area (Å²) in [6.45, 7) is 4.26. The van der Waals surface area contributed by atoms with Gasteiger partial charge in [0, 0.05) is 18.7 Å². The van der Waals surface area contributed by atoms with E-state index in [-0.39, 0.29) is 23.0 Å². The number of nitrogens with zero attached hydrogens (tertiary/aromatic N) is 3. The van der Waals surface area contributed by atoms with Crippen molar-refractivity contribution in [2.24, 2.45) is 13.0 Å². The van der Waals surface area contributed by atoms with Crippen LogP contribution in [-0.4, -0.2) is 32.4 Å². The van der Waals surface area contributed by atoms with Crippen LogP contribution in [0.2, 0.25) is 0 Å². The van der Waals surface area contributed by atoms with Crippen LogP contribution in [0.15, 0.2) is 24.3 Å². The third-order valence-electron chi connectivity index (χ3n) is 3.12. The quantitative estimate of drug-likeness (QED) is 0.648. The largest absolute Gasteiger partial charge is 0.487 e. The van der Waals surface area contributed by atoms with Gasteiger partial charge in [0.25, 0.3) is 0 Å². The molecule has 0 unspecified atom stereocenters. The van der Waals surface area contributed by atoms with Gasteiger partial charge in [-0.05, 0) is 24.1 Å². The van der Waals surface area contributed by atoms with E-state index in [1.54, 1.807) is 6.07 Å². The highest BCUT2D eigenvalue weighted by Crippen LogP contribution is 2.32. The third-order valence-corrected chi connectivity index (χ3v) is 3.12. The lowest BCUT2D eigenvalue weighted by molar-refractivity contribution is -0.385. The predicted octanol–water partition coefficient (Wildman–Crippen LogP) is 2.73. The fourth-order valence-electron chi connectivity index (χ4n) is 2.01. The first kappa shape index (κ1) is 16.5. The summed E-state index contributed by atoms with van der Waals surface area (Å²) in [6.07, 6.45) is 0. The minimum absolute atomic E-state index is 0.00258. The highest BCUT2D eigenvalue weighted by Gasteiger charge is 2.19. The van der Waals surface area contributed by atoms with Crippen molar-refractivity contribution in [1.29, 1.82) is 0 Å². The van der Waals surface area contributed by atoms with E-state index in [1.807, 2.05) is 13.8 Å². The van der Waals surface area contributed by atoms with Crippen LogP contribution in [0.3, 0.4) is 0 Å². The van der Waals surface area contributed by atoms with Crippen LogP contribution in [0, 0.1) is 16.0 Å². The Morgan fingerprint density at radius 1 is 1.43 bits per heavy atom. The molecule has 0 saturated carbocycles. The second-order valence-corrected chi connectivity index (χ2v) is 5.49. The molecule has 1 aromatic carbocycles. The maximum Gasteiger partial charge on any atom is 0.354 e. The molecule has 2 rings (SSSR count). The first-order chi connectivity index (χ1) is 10.8. The van der Waals surface area contributed by atoms with E-state index in [0.717, 1.165) is 0 Å². The zero-order valence-corrected chi connectivity index (χ0v) is 13.0. The second-order valence-electron chi connectivity index (χ2n) is 5.49. The van der Waals surface area contributed by atoms with E-state index in [9.17, 15) is 14.9 Å². The average Bonchev–Trinajstić information content (AvgIpc) is 2.87. The number of aromatic nitrogens is 2. The second kappa shape index (κ2) is 6.47. The molecule has 1 aromatic heterocycles. The molecule has 0 aliphatic heterocycles. The lowest BCUT2D eigenvalue weighted by Crippen LogP contribution is -2.06. The molecule has 0 aliphatic carbocycles. The molecular weight excluding hydrogens is 302 g/mol. The summed E-state index contributed by atoms with van der Waals surface area (Å²) in [5.74, 6) is -0.692. The molecule has 0 amide bonds. The van der Waals surface area contributed by atoms with Crippen molar-refractivity contribution in [2.75, 3.05) is 6.61 Å². The number of rotatable bonds is 6. The number of carbonyl (C=O) groups is 1. The number of benzene rings is 1.